The molecule has 0 atom stereocenters. The summed E-state index contributed by atoms with van der Waals surface area (Å²) >= 11 is 0. The van der Waals surface area contributed by atoms with Crippen LogP contribution in [0.2, 0.25) is 0 Å². The number of anilines is 1. The number of nitrogens with zero attached hydrogens (tertiary/aromatic N) is 1. The maximum atomic E-state index is 12.8. The number of nitrogens with one attached hydrogen (secondary N) is 1. The normalized spacial score (nSPS) is 10.5. The minimum atomic E-state index is -0.291. The summed E-state index contributed by atoms with van der Waals surface area (Å²) in [6.07, 6.45) is 0. The predicted molar refractivity (Wildman–Crippen MR) is 127 cm³/mol. The van der Waals surface area contributed by atoms with Crippen LogP contribution in [0.1, 0.15) is 15.9 Å². The number of rotatable bonds is 7. The topological polar surface area (TPSA) is 58.6 Å². The van der Waals surface area contributed by atoms with Crippen molar-refractivity contribution in [1.29, 1.82) is 0 Å². The summed E-state index contributed by atoms with van der Waals surface area (Å²) in [6.45, 7) is 0.389. The minimum Gasteiger partial charge on any atom is -0.484 e. The minimum absolute atomic E-state index is 0.114. The van der Waals surface area contributed by atoms with Crippen LogP contribution in [0, 0.1) is 0 Å². The van der Waals surface area contributed by atoms with Gasteiger partial charge in [0.25, 0.3) is 11.8 Å². The number of fused-ring (bicyclic) bond motifs is 1. The molecular formula is C27H24N2O3. The Labute approximate surface area is 187 Å². The molecule has 0 saturated carbocycles. The standard InChI is InChI=1S/C27H24N2O3/c1-29(18-20-8-3-2-4-9-20)27(31)23-12-7-13-24(16-23)28-26(30)19-32-25-15-14-21-10-5-6-11-22(21)17-25/h2-17H,18-19H2,1H3,(H,28,30). The van der Waals surface area contributed by atoms with Gasteiger partial charge in [-0.2, -0.15) is 0 Å². The number of hydrogen-bond donors (Lipinski definition) is 1. The number of ether oxygens (including phenoxy) is 1. The second kappa shape index (κ2) is 9.79. The van der Waals surface area contributed by atoms with Gasteiger partial charge in [0.15, 0.2) is 6.61 Å². The van der Waals surface area contributed by atoms with E-state index in [4.69, 9.17) is 4.74 Å². The van der Waals surface area contributed by atoms with Crippen molar-refractivity contribution in [3.63, 3.8) is 0 Å². The summed E-state index contributed by atoms with van der Waals surface area (Å²) in [5.74, 6) is 0.225. The van der Waals surface area contributed by atoms with Crippen molar-refractivity contribution in [2.75, 3.05) is 19.0 Å². The molecule has 32 heavy (non-hydrogen) atoms. The molecule has 5 nitrogen and oxygen atoms in total. The molecule has 0 unspecified atom stereocenters. The third-order valence-corrected chi connectivity index (χ3v) is 5.09. The summed E-state index contributed by atoms with van der Waals surface area (Å²) < 4.78 is 5.64. The van der Waals surface area contributed by atoms with Gasteiger partial charge in [0.05, 0.1) is 0 Å². The van der Waals surface area contributed by atoms with Crippen molar-refractivity contribution < 1.29 is 14.3 Å². The SMILES string of the molecule is CN(Cc1ccccc1)C(=O)c1cccc(NC(=O)COc2ccc3ccccc3c2)c1. The number of carbonyl (C=O) groups is 2. The zero-order chi connectivity index (χ0) is 22.3. The molecule has 4 rings (SSSR count). The molecule has 0 aliphatic heterocycles. The van der Waals surface area contributed by atoms with Crippen molar-refractivity contribution in [3.8, 4) is 5.75 Å². The summed E-state index contributed by atoms with van der Waals surface area (Å²) in [5, 5.41) is 4.96. The molecule has 160 valence electrons. The number of carbonyl (C=O) groups excluding carboxylic acids is 2. The molecule has 1 N–H and O–H groups in total. The maximum absolute atomic E-state index is 12.8. The smallest absolute Gasteiger partial charge is 0.262 e. The van der Waals surface area contributed by atoms with Crippen LogP contribution in [-0.2, 0) is 11.3 Å². The highest BCUT2D eigenvalue weighted by molar-refractivity contribution is 5.97. The molecule has 0 radical (unpaired) electrons. The van der Waals surface area contributed by atoms with Crippen molar-refractivity contribution in [2.45, 2.75) is 6.54 Å². The number of benzene rings is 4. The van der Waals surface area contributed by atoms with Crippen LogP contribution < -0.4 is 10.1 Å². The first kappa shape index (κ1) is 21.1. The predicted octanol–water partition coefficient (Wildman–Crippen LogP) is 5.13. The van der Waals surface area contributed by atoms with Gasteiger partial charge in [-0.25, -0.2) is 0 Å². The van der Waals surface area contributed by atoms with E-state index >= 15 is 0 Å². The Balaban J connectivity index is 1.35. The van der Waals surface area contributed by atoms with Crippen molar-refractivity contribution in [1.82, 2.24) is 4.90 Å². The van der Waals surface area contributed by atoms with Gasteiger partial charge in [-0.05, 0) is 46.7 Å². The fraction of sp³-hybridized carbons (Fsp3) is 0.111. The highest BCUT2D eigenvalue weighted by Gasteiger charge is 2.13. The fourth-order valence-electron chi connectivity index (χ4n) is 3.48. The van der Waals surface area contributed by atoms with E-state index in [0.29, 0.717) is 23.5 Å². The molecule has 0 aromatic heterocycles. The summed E-state index contributed by atoms with van der Waals surface area (Å²) in [5.41, 5.74) is 2.12. The number of amides is 2. The lowest BCUT2D eigenvalue weighted by atomic mass is 10.1. The molecule has 0 aliphatic rings. The Kier molecular flexibility index (Phi) is 6.46. The molecule has 0 heterocycles. The van der Waals surface area contributed by atoms with E-state index in [0.717, 1.165) is 16.3 Å². The lowest BCUT2D eigenvalue weighted by molar-refractivity contribution is -0.118. The molecular weight excluding hydrogens is 400 g/mol. The van der Waals surface area contributed by atoms with Gasteiger partial charge < -0.3 is 15.0 Å². The lowest BCUT2D eigenvalue weighted by Gasteiger charge is -2.18. The van der Waals surface area contributed by atoms with Crippen LogP contribution in [-0.4, -0.2) is 30.4 Å². The third-order valence-electron chi connectivity index (χ3n) is 5.09. The zero-order valence-electron chi connectivity index (χ0n) is 17.8. The summed E-state index contributed by atoms with van der Waals surface area (Å²) in [4.78, 5) is 26.8. The molecule has 0 fully saturated rings. The highest BCUT2D eigenvalue weighted by Crippen LogP contribution is 2.20. The van der Waals surface area contributed by atoms with Gasteiger partial charge in [0.2, 0.25) is 0 Å². The quantitative estimate of drug-likeness (QED) is 0.447. The van der Waals surface area contributed by atoms with Crippen molar-refractivity contribution in [2.24, 2.45) is 0 Å². The van der Waals surface area contributed by atoms with Crippen LogP contribution >= 0.6 is 0 Å². The monoisotopic (exact) mass is 424 g/mol. The third kappa shape index (κ3) is 5.32. The largest absolute Gasteiger partial charge is 0.484 e. The van der Waals surface area contributed by atoms with Gasteiger partial charge in [-0.1, -0.05) is 66.7 Å². The van der Waals surface area contributed by atoms with Crippen molar-refractivity contribution in [3.05, 3.63) is 108 Å². The maximum Gasteiger partial charge on any atom is 0.262 e. The van der Waals surface area contributed by atoms with Crippen LogP contribution in [0.5, 0.6) is 5.75 Å². The highest BCUT2D eigenvalue weighted by atomic mass is 16.5. The fourth-order valence-corrected chi connectivity index (χ4v) is 3.48. The van der Waals surface area contributed by atoms with Gasteiger partial charge in [0.1, 0.15) is 5.75 Å². The molecule has 4 aromatic carbocycles. The zero-order valence-corrected chi connectivity index (χ0v) is 17.8. The van der Waals surface area contributed by atoms with Gasteiger partial charge in [0, 0.05) is 24.8 Å². The molecule has 5 heteroatoms. The average Bonchev–Trinajstić information content (AvgIpc) is 2.83. The van der Waals surface area contributed by atoms with E-state index in [2.05, 4.69) is 5.32 Å². The molecule has 2 amide bonds. The average molecular weight is 425 g/mol. The first-order valence-corrected chi connectivity index (χ1v) is 10.4. The van der Waals surface area contributed by atoms with Gasteiger partial charge in [-0.3, -0.25) is 9.59 Å². The van der Waals surface area contributed by atoms with E-state index in [9.17, 15) is 9.59 Å². The Morgan fingerprint density at radius 3 is 2.38 bits per heavy atom. The Morgan fingerprint density at radius 2 is 1.56 bits per heavy atom. The Bertz CT molecular complexity index is 1240. The van der Waals surface area contributed by atoms with Crippen molar-refractivity contribution >= 4 is 28.3 Å². The summed E-state index contributed by atoms with van der Waals surface area (Å²) in [7, 11) is 1.76. The van der Waals surface area contributed by atoms with E-state index in [1.165, 1.54) is 0 Å². The summed E-state index contributed by atoms with van der Waals surface area (Å²) in [6, 6.07) is 30.4. The molecule has 0 aliphatic carbocycles. The Morgan fingerprint density at radius 1 is 0.812 bits per heavy atom. The molecule has 0 saturated heterocycles. The van der Waals surface area contributed by atoms with E-state index in [1.807, 2.05) is 72.8 Å². The Hall–Kier alpha value is -4.12. The van der Waals surface area contributed by atoms with E-state index in [-0.39, 0.29) is 18.4 Å². The number of hydrogen-bond acceptors (Lipinski definition) is 3. The van der Waals surface area contributed by atoms with Gasteiger partial charge >= 0.3 is 0 Å². The second-order valence-corrected chi connectivity index (χ2v) is 7.57. The van der Waals surface area contributed by atoms with E-state index in [1.54, 1.807) is 36.2 Å². The van der Waals surface area contributed by atoms with Crippen LogP contribution in [0.25, 0.3) is 10.8 Å². The van der Waals surface area contributed by atoms with Crippen LogP contribution in [0.3, 0.4) is 0 Å². The lowest BCUT2D eigenvalue weighted by Crippen LogP contribution is -2.26. The van der Waals surface area contributed by atoms with Crippen LogP contribution in [0.15, 0.2) is 97.1 Å². The van der Waals surface area contributed by atoms with Gasteiger partial charge in [-0.15, -0.1) is 0 Å². The first-order valence-electron chi connectivity index (χ1n) is 10.4. The first-order chi connectivity index (χ1) is 15.6. The second-order valence-electron chi connectivity index (χ2n) is 7.57. The molecule has 4 aromatic rings. The van der Waals surface area contributed by atoms with E-state index < -0.39 is 0 Å². The molecule has 0 bridgehead atoms. The molecule has 0 spiro atoms. The van der Waals surface area contributed by atoms with Crippen LogP contribution in [0.4, 0.5) is 5.69 Å².